The third kappa shape index (κ3) is 3.66. The van der Waals surface area contributed by atoms with Crippen LogP contribution >= 0.6 is 0 Å². The Morgan fingerprint density at radius 2 is 1.58 bits per heavy atom. The van der Waals surface area contributed by atoms with E-state index in [9.17, 15) is 4.79 Å². The van der Waals surface area contributed by atoms with Gasteiger partial charge in [0.05, 0.1) is 7.11 Å². The molecule has 1 amide bonds. The second-order valence-corrected chi connectivity index (χ2v) is 5.49. The summed E-state index contributed by atoms with van der Waals surface area (Å²) < 4.78 is 10.9. The molecule has 0 heterocycles. The van der Waals surface area contributed by atoms with Crippen molar-refractivity contribution in [2.75, 3.05) is 12.4 Å². The van der Waals surface area contributed by atoms with Crippen molar-refractivity contribution in [3.05, 3.63) is 66.7 Å². The zero-order chi connectivity index (χ0) is 16.9. The van der Waals surface area contributed by atoms with E-state index < -0.39 is 6.10 Å². The molecule has 3 aromatic rings. The van der Waals surface area contributed by atoms with Gasteiger partial charge in [0, 0.05) is 5.69 Å². The summed E-state index contributed by atoms with van der Waals surface area (Å²) in [5.74, 6) is 1.22. The number of benzene rings is 3. The summed E-state index contributed by atoms with van der Waals surface area (Å²) in [6.45, 7) is 1.73. The van der Waals surface area contributed by atoms with Gasteiger partial charge in [0.25, 0.3) is 5.91 Å². The average Bonchev–Trinajstić information content (AvgIpc) is 2.62. The number of amides is 1. The lowest BCUT2D eigenvalue weighted by molar-refractivity contribution is -0.122. The Morgan fingerprint density at radius 3 is 2.29 bits per heavy atom. The molecular weight excluding hydrogens is 302 g/mol. The largest absolute Gasteiger partial charge is 0.497 e. The third-order valence-corrected chi connectivity index (χ3v) is 3.76. The zero-order valence-corrected chi connectivity index (χ0v) is 13.7. The van der Waals surface area contributed by atoms with Crippen LogP contribution < -0.4 is 14.8 Å². The molecule has 4 heteroatoms. The van der Waals surface area contributed by atoms with Gasteiger partial charge in [0.2, 0.25) is 0 Å². The second-order valence-electron chi connectivity index (χ2n) is 5.49. The molecule has 0 saturated carbocycles. The van der Waals surface area contributed by atoms with Crippen LogP contribution in [0.15, 0.2) is 66.7 Å². The van der Waals surface area contributed by atoms with Crippen molar-refractivity contribution in [1.29, 1.82) is 0 Å². The van der Waals surface area contributed by atoms with Crippen LogP contribution in [-0.2, 0) is 4.79 Å². The van der Waals surface area contributed by atoms with Gasteiger partial charge in [-0.1, -0.05) is 30.3 Å². The highest BCUT2D eigenvalue weighted by atomic mass is 16.5. The summed E-state index contributed by atoms with van der Waals surface area (Å²) in [5.41, 5.74) is 0.703. The monoisotopic (exact) mass is 321 g/mol. The maximum atomic E-state index is 12.3. The lowest BCUT2D eigenvalue weighted by atomic mass is 10.1. The first-order valence-corrected chi connectivity index (χ1v) is 7.76. The molecule has 24 heavy (non-hydrogen) atoms. The van der Waals surface area contributed by atoms with Crippen LogP contribution in [0, 0.1) is 0 Å². The summed E-state index contributed by atoms with van der Waals surface area (Å²) >= 11 is 0. The van der Waals surface area contributed by atoms with Crippen molar-refractivity contribution in [2.45, 2.75) is 13.0 Å². The minimum atomic E-state index is -0.603. The number of ether oxygens (including phenoxy) is 2. The number of rotatable bonds is 5. The SMILES string of the molecule is COc1ccc(NC(=O)[C@H](C)Oc2ccc3ccccc3c2)cc1. The van der Waals surface area contributed by atoms with Crippen LogP contribution in [0.25, 0.3) is 10.8 Å². The maximum Gasteiger partial charge on any atom is 0.265 e. The second kappa shape index (κ2) is 7.04. The van der Waals surface area contributed by atoms with Gasteiger partial charge in [-0.05, 0) is 54.1 Å². The fourth-order valence-corrected chi connectivity index (χ4v) is 2.42. The molecular formula is C20H19NO3. The summed E-state index contributed by atoms with van der Waals surface area (Å²) in [6, 6.07) is 21.0. The highest BCUT2D eigenvalue weighted by Gasteiger charge is 2.15. The number of methoxy groups -OCH3 is 1. The topological polar surface area (TPSA) is 47.6 Å². The van der Waals surface area contributed by atoms with E-state index in [1.54, 1.807) is 38.3 Å². The molecule has 3 rings (SSSR count). The molecule has 1 N–H and O–H groups in total. The highest BCUT2D eigenvalue weighted by molar-refractivity contribution is 5.94. The van der Waals surface area contributed by atoms with Crippen LogP contribution in [-0.4, -0.2) is 19.1 Å². The van der Waals surface area contributed by atoms with Crippen LogP contribution in [0.1, 0.15) is 6.92 Å². The molecule has 1 atom stereocenters. The van der Waals surface area contributed by atoms with E-state index in [1.807, 2.05) is 42.5 Å². The van der Waals surface area contributed by atoms with Gasteiger partial charge in [-0.2, -0.15) is 0 Å². The first-order valence-electron chi connectivity index (χ1n) is 7.76. The van der Waals surface area contributed by atoms with Crippen LogP contribution in [0.2, 0.25) is 0 Å². The fourth-order valence-electron chi connectivity index (χ4n) is 2.42. The van der Waals surface area contributed by atoms with E-state index in [4.69, 9.17) is 9.47 Å². The average molecular weight is 321 g/mol. The standard InChI is InChI=1S/C20H19NO3/c1-14(20(22)21-17-8-11-18(23-2)12-9-17)24-19-10-7-15-5-3-4-6-16(15)13-19/h3-14H,1-2H3,(H,21,22)/t14-/m0/s1. The third-order valence-electron chi connectivity index (χ3n) is 3.76. The number of anilines is 1. The van der Waals surface area contributed by atoms with E-state index >= 15 is 0 Å². The van der Waals surface area contributed by atoms with Gasteiger partial charge in [-0.3, -0.25) is 4.79 Å². The Kier molecular flexibility index (Phi) is 4.66. The van der Waals surface area contributed by atoms with Crippen molar-refractivity contribution in [2.24, 2.45) is 0 Å². The van der Waals surface area contributed by atoms with Gasteiger partial charge in [-0.15, -0.1) is 0 Å². The van der Waals surface area contributed by atoms with Crippen LogP contribution in [0.4, 0.5) is 5.69 Å². The van der Waals surface area contributed by atoms with E-state index in [0.29, 0.717) is 11.4 Å². The van der Waals surface area contributed by atoms with E-state index in [0.717, 1.165) is 16.5 Å². The lowest BCUT2D eigenvalue weighted by Crippen LogP contribution is -2.30. The predicted molar refractivity (Wildman–Crippen MR) is 95.7 cm³/mol. The van der Waals surface area contributed by atoms with Gasteiger partial charge in [0.15, 0.2) is 6.10 Å². The Bertz CT molecular complexity index is 843. The van der Waals surface area contributed by atoms with Crippen molar-refractivity contribution in [3.63, 3.8) is 0 Å². The van der Waals surface area contributed by atoms with Crippen LogP contribution in [0.5, 0.6) is 11.5 Å². The molecule has 3 aromatic carbocycles. The first kappa shape index (κ1) is 15.9. The summed E-state index contributed by atoms with van der Waals surface area (Å²) in [7, 11) is 1.60. The molecule has 0 radical (unpaired) electrons. The Morgan fingerprint density at radius 1 is 0.917 bits per heavy atom. The number of nitrogens with one attached hydrogen (secondary N) is 1. The smallest absolute Gasteiger partial charge is 0.265 e. The molecule has 122 valence electrons. The van der Waals surface area contributed by atoms with E-state index in [1.165, 1.54) is 0 Å². The number of carbonyl (C=O) groups is 1. The maximum absolute atomic E-state index is 12.3. The normalized spacial score (nSPS) is 11.8. The molecule has 0 unspecified atom stereocenters. The Hall–Kier alpha value is -3.01. The molecule has 0 spiro atoms. The van der Waals surface area contributed by atoms with Crippen molar-refractivity contribution < 1.29 is 14.3 Å². The van der Waals surface area contributed by atoms with E-state index in [-0.39, 0.29) is 5.91 Å². The highest BCUT2D eigenvalue weighted by Crippen LogP contribution is 2.22. The number of hydrogen-bond acceptors (Lipinski definition) is 3. The molecule has 4 nitrogen and oxygen atoms in total. The molecule has 0 aliphatic rings. The van der Waals surface area contributed by atoms with Gasteiger partial charge >= 0.3 is 0 Å². The summed E-state index contributed by atoms with van der Waals surface area (Å²) in [4.78, 5) is 12.3. The van der Waals surface area contributed by atoms with E-state index in [2.05, 4.69) is 5.32 Å². The number of hydrogen-bond donors (Lipinski definition) is 1. The molecule has 0 aliphatic carbocycles. The quantitative estimate of drug-likeness (QED) is 0.764. The summed E-state index contributed by atoms with van der Waals surface area (Å²) in [6.07, 6.45) is -0.603. The summed E-state index contributed by atoms with van der Waals surface area (Å²) in [5, 5.41) is 5.05. The minimum Gasteiger partial charge on any atom is -0.497 e. The molecule has 0 aromatic heterocycles. The first-order chi connectivity index (χ1) is 11.7. The Balaban J connectivity index is 1.65. The lowest BCUT2D eigenvalue weighted by Gasteiger charge is -2.15. The fraction of sp³-hybridized carbons (Fsp3) is 0.150. The molecule has 0 bridgehead atoms. The molecule has 0 fully saturated rings. The van der Waals surface area contributed by atoms with Crippen molar-refractivity contribution in [3.8, 4) is 11.5 Å². The number of fused-ring (bicyclic) bond motifs is 1. The zero-order valence-electron chi connectivity index (χ0n) is 13.7. The van der Waals surface area contributed by atoms with Crippen LogP contribution in [0.3, 0.4) is 0 Å². The van der Waals surface area contributed by atoms with Gasteiger partial charge in [-0.25, -0.2) is 0 Å². The van der Waals surface area contributed by atoms with Gasteiger partial charge < -0.3 is 14.8 Å². The predicted octanol–water partition coefficient (Wildman–Crippen LogP) is 4.25. The van der Waals surface area contributed by atoms with Crippen molar-refractivity contribution in [1.82, 2.24) is 0 Å². The number of carbonyl (C=O) groups excluding carboxylic acids is 1. The van der Waals surface area contributed by atoms with Crippen molar-refractivity contribution >= 4 is 22.4 Å². The molecule has 0 saturated heterocycles. The molecule has 0 aliphatic heterocycles. The Labute approximate surface area is 141 Å². The van der Waals surface area contributed by atoms with Gasteiger partial charge in [0.1, 0.15) is 11.5 Å². The minimum absolute atomic E-state index is 0.201.